The molecule has 1 heterocycles. The number of anilines is 1. The van der Waals surface area contributed by atoms with E-state index in [-0.39, 0.29) is 17.9 Å². The molecular formula is C23H27N3O4. The van der Waals surface area contributed by atoms with Crippen LogP contribution in [0.15, 0.2) is 53.5 Å². The molecular weight excluding hydrogens is 382 g/mol. The van der Waals surface area contributed by atoms with E-state index in [1.54, 1.807) is 61.4 Å². The van der Waals surface area contributed by atoms with Gasteiger partial charge in [-0.3, -0.25) is 9.59 Å². The second-order valence-corrected chi connectivity index (χ2v) is 7.33. The first kappa shape index (κ1) is 21.4. The minimum Gasteiger partial charge on any atom is -0.497 e. The molecule has 0 aliphatic carbocycles. The topological polar surface area (TPSA) is 72.8 Å². The lowest BCUT2D eigenvalue weighted by Crippen LogP contribution is -2.26. The van der Waals surface area contributed by atoms with Gasteiger partial charge >= 0.3 is 0 Å². The molecule has 0 unspecified atom stereocenters. The number of hydrogen-bond donors (Lipinski definition) is 1. The fourth-order valence-electron chi connectivity index (χ4n) is 3.26. The van der Waals surface area contributed by atoms with Crippen molar-refractivity contribution in [3.63, 3.8) is 0 Å². The Bertz CT molecular complexity index is 1080. The van der Waals surface area contributed by atoms with Crippen LogP contribution in [0.2, 0.25) is 0 Å². The molecule has 1 amide bonds. The fourth-order valence-corrected chi connectivity index (χ4v) is 3.26. The number of methoxy groups -OCH3 is 2. The molecule has 1 N–H and O–H groups in total. The van der Waals surface area contributed by atoms with E-state index in [0.29, 0.717) is 29.1 Å². The van der Waals surface area contributed by atoms with Gasteiger partial charge in [0.25, 0.3) is 5.56 Å². The van der Waals surface area contributed by atoms with Crippen LogP contribution in [0.5, 0.6) is 11.5 Å². The Kier molecular flexibility index (Phi) is 6.74. The average Bonchev–Trinajstić information content (AvgIpc) is 2.73. The predicted octanol–water partition coefficient (Wildman–Crippen LogP) is 2.76. The lowest BCUT2D eigenvalue weighted by molar-refractivity contribution is -0.115. The SMILES string of the molecule is COc1cc(CC(=O)Nc2cccc3c(=O)n(CCN(C)C)ccc23)cc(OC)c1. The van der Waals surface area contributed by atoms with E-state index in [4.69, 9.17) is 9.47 Å². The quantitative estimate of drug-likeness (QED) is 0.619. The molecule has 0 atom stereocenters. The van der Waals surface area contributed by atoms with E-state index in [1.165, 1.54) is 0 Å². The second-order valence-electron chi connectivity index (χ2n) is 7.33. The molecule has 30 heavy (non-hydrogen) atoms. The Hall–Kier alpha value is -3.32. The van der Waals surface area contributed by atoms with Gasteiger partial charge in [-0.1, -0.05) is 6.07 Å². The van der Waals surface area contributed by atoms with E-state index in [0.717, 1.165) is 17.5 Å². The highest BCUT2D eigenvalue weighted by atomic mass is 16.5. The number of nitrogens with one attached hydrogen (secondary N) is 1. The number of hydrogen-bond acceptors (Lipinski definition) is 5. The third-order valence-electron chi connectivity index (χ3n) is 4.86. The lowest BCUT2D eigenvalue weighted by Gasteiger charge is -2.14. The molecule has 0 saturated heterocycles. The van der Waals surface area contributed by atoms with E-state index in [2.05, 4.69) is 5.32 Å². The Morgan fingerprint density at radius 3 is 2.37 bits per heavy atom. The molecule has 0 saturated carbocycles. The summed E-state index contributed by atoms with van der Waals surface area (Å²) in [6.45, 7) is 1.38. The van der Waals surface area contributed by atoms with Gasteiger partial charge in [0, 0.05) is 41.8 Å². The van der Waals surface area contributed by atoms with Gasteiger partial charge in [-0.2, -0.15) is 0 Å². The summed E-state index contributed by atoms with van der Waals surface area (Å²) >= 11 is 0. The largest absolute Gasteiger partial charge is 0.497 e. The molecule has 7 heteroatoms. The van der Waals surface area contributed by atoms with E-state index < -0.39 is 0 Å². The molecule has 0 aliphatic heterocycles. The average molecular weight is 409 g/mol. The fraction of sp³-hybridized carbons (Fsp3) is 0.304. The summed E-state index contributed by atoms with van der Waals surface area (Å²) in [5.74, 6) is 1.07. The van der Waals surface area contributed by atoms with Gasteiger partial charge in [0.2, 0.25) is 5.91 Å². The molecule has 7 nitrogen and oxygen atoms in total. The Morgan fingerprint density at radius 1 is 1.03 bits per heavy atom. The van der Waals surface area contributed by atoms with Crippen molar-refractivity contribution in [3.8, 4) is 11.5 Å². The van der Waals surface area contributed by atoms with Crippen molar-refractivity contribution in [2.24, 2.45) is 0 Å². The maximum Gasteiger partial charge on any atom is 0.258 e. The Morgan fingerprint density at radius 2 is 1.73 bits per heavy atom. The van der Waals surface area contributed by atoms with Crippen LogP contribution >= 0.6 is 0 Å². The number of carbonyl (C=O) groups is 1. The molecule has 0 aliphatic rings. The first-order valence-electron chi connectivity index (χ1n) is 9.70. The third-order valence-corrected chi connectivity index (χ3v) is 4.86. The van der Waals surface area contributed by atoms with Crippen molar-refractivity contribution in [2.75, 3.05) is 40.2 Å². The summed E-state index contributed by atoms with van der Waals surface area (Å²) in [4.78, 5) is 27.5. The van der Waals surface area contributed by atoms with Crippen LogP contribution in [0.1, 0.15) is 5.56 Å². The summed E-state index contributed by atoms with van der Waals surface area (Å²) in [6.07, 6.45) is 1.93. The zero-order chi connectivity index (χ0) is 21.7. The first-order valence-corrected chi connectivity index (χ1v) is 9.70. The Labute approximate surface area is 175 Å². The van der Waals surface area contributed by atoms with Crippen LogP contribution in [0.4, 0.5) is 5.69 Å². The van der Waals surface area contributed by atoms with Crippen molar-refractivity contribution >= 4 is 22.4 Å². The van der Waals surface area contributed by atoms with Crippen molar-refractivity contribution < 1.29 is 14.3 Å². The standard InChI is InChI=1S/C23H27N3O4/c1-25(2)10-11-26-9-8-19-20(23(26)28)6-5-7-21(19)24-22(27)14-16-12-17(29-3)15-18(13-16)30-4/h5-9,12-13,15H,10-11,14H2,1-4H3,(H,24,27). The molecule has 158 valence electrons. The molecule has 0 radical (unpaired) electrons. The molecule has 0 spiro atoms. The zero-order valence-electron chi connectivity index (χ0n) is 17.8. The monoisotopic (exact) mass is 409 g/mol. The van der Waals surface area contributed by atoms with E-state index >= 15 is 0 Å². The molecule has 3 aromatic rings. The lowest BCUT2D eigenvalue weighted by atomic mass is 10.1. The van der Waals surface area contributed by atoms with Crippen LogP contribution in [0.25, 0.3) is 10.8 Å². The van der Waals surface area contributed by atoms with Gasteiger partial charge in [0.15, 0.2) is 0 Å². The highest BCUT2D eigenvalue weighted by Gasteiger charge is 2.11. The second kappa shape index (κ2) is 9.45. The number of fused-ring (bicyclic) bond motifs is 1. The van der Waals surface area contributed by atoms with Gasteiger partial charge in [0.1, 0.15) is 11.5 Å². The summed E-state index contributed by atoms with van der Waals surface area (Å²) in [7, 11) is 7.08. The predicted molar refractivity (Wildman–Crippen MR) is 119 cm³/mol. The summed E-state index contributed by atoms with van der Waals surface area (Å²) < 4.78 is 12.2. The number of pyridine rings is 1. The number of aromatic nitrogens is 1. The van der Waals surface area contributed by atoms with E-state index in [9.17, 15) is 9.59 Å². The minimum absolute atomic E-state index is 0.0667. The maximum atomic E-state index is 12.8. The van der Waals surface area contributed by atoms with Gasteiger partial charge < -0.3 is 24.3 Å². The number of nitrogens with zero attached hydrogens (tertiary/aromatic N) is 2. The van der Waals surface area contributed by atoms with E-state index in [1.807, 2.05) is 25.1 Å². The third kappa shape index (κ3) is 4.99. The van der Waals surface area contributed by atoms with Gasteiger partial charge in [-0.15, -0.1) is 0 Å². The summed E-state index contributed by atoms with van der Waals surface area (Å²) in [5.41, 5.74) is 1.32. The number of ether oxygens (including phenoxy) is 2. The van der Waals surface area contributed by atoms with Crippen LogP contribution < -0.4 is 20.3 Å². The molecule has 1 aromatic heterocycles. The smallest absolute Gasteiger partial charge is 0.258 e. The number of carbonyl (C=O) groups excluding carboxylic acids is 1. The summed E-state index contributed by atoms with van der Waals surface area (Å²) in [6, 6.07) is 12.6. The van der Waals surface area contributed by atoms with Gasteiger partial charge in [-0.05, 0) is 50.0 Å². The number of likely N-dealkylation sites (N-methyl/N-ethyl adjacent to an activating group) is 1. The molecule has 0 bridgehead atoms. The molecule has 0 fully saturated rings. The normalized spacial score (nSPS) is 11.0. The van der Waals surface area contributed by atoms with Gasteiger partial charge in [0.05, 0.1) is 20.6 Å². The summed E-state index contributed by atoms with van der Waals surface area (Å²) in [5, 5.41) is 4.23. The van der Waals surface area contributed by atoms with Crippen molar-refractivity contribution in [2.45, 2.75) is 13.0 Å². The first-order chi connectivity index (χ1) is 14.4. The number of benzene rings is 2. The Balaban J connectivity index is 1.83. The van der Waals surface area contributed by atoms with Gasteiger partial charge in [-0.25, -0.2) is 0 Å². The zero-order valence-corrected chi connectivity index (χ0v) is 17.8. The molecule has 3 rings (SSSR count). The molecule has 2 aromatic carbocycles. The minimum atomic E-state index is -0.186. The van der Waals surface area contributed by atoms with Crippen molar-refractivity contribution in [1.82, 2.24) is 9.47 Å². The number of amides is 1. The number of rotatable bonds is 8. The maximum absolute atomic E-state index is 12.8. The van der Waals surface area contributed by atoms with Crippen LogP contribution in [0, 0.1) is 0 Å². The van der Waals surface area contributed by atoms with Crippen molar-refractivity contribution in [1.29, 1.82) is 0 Å². The van der Waals surface area contributed by atoms with Crippen molar-refractivity contribution in [3.05, 3.63) is 64.6 Å². The highest BCUT2D eigenvalue weighted by molar-refractivity contribution is 6.02. The van der Waals surface area contributed by atoms with Crippen LogP contribution in [-0.4, -0.2) is 50.2 Å². The van der Waals surface area contributed by atoms with Crippen LogP contribution in [-0.2, 0) is 17.8 Å². The highest BCUT2D eigenvalue weighted by Crippen LogP contribution is 2.24. The van der Waals surface area contributed by atoms with Crippen LogP contribution in [0.3, 0.4) is 0 Å².